The quantitative estimate of drug-likeness (QED) is 0.515. The molecule has 1 rings (SSSR count). The van der Waals surface area contributed by atoms with Gasteiger partial charge in [-0.25, -0.2) is 0 Å². The highest BCUT2D eigenvalue weighted by molar-refractivity contribution is 6.19. The maximum Gasteiger partial charge on any atom is 0.0471 e. The summed E-state index contributed by atoms with van der Waals surface area (Å²) in [6.45, 7) is 12.9. The Kier molecular flexibility index (Phi) is 5.30. The lowest BCUT2D eigenvalue weighted by atomic mass is 10.1. The smallest absolute Gasteiger partial charge is 0.0471 e. The fourth-order valence-electron chi connectivity index (χ4n) is 1.64. The van der Waals surface area contributed by atoms with Crippen LogP contribution in [-0.4, -0.2) is 17.3 Å². The van der Waals surface area contributed by atoms with E-state index < -0.39 is 0 Å². The Bertz CT molecular complexity index is 399. The summed E-state index contributed by atoms with van der Waals surface area (Å²) < 4.78 is 0. The summed E-state index contributed by atoms with van der Waals surface area (Å²) >= 11 is 5.78. The fourth-order valence-corrected chi connectivity index (χ4v) is 1.81. The molecule has 0 fully saturated rings. The monoisotopic (exact) mass is 249 g/mol. The summed E-state index contributed by atoms with van der Waals surface area (Å²) in [7, 11) is 0. The molecule has 1 heterocycles. The lowest BCUT2D eigenvalue weighted by Gasteiger charge is -2.14. The average Bonchev–Trinajstić information content (AvgIpc) is 2.76. The first-order valence-electron chi connectivity index (χ1n) is 5.76. The van der Waals surface area contributed by atoms with Crippen molar-refractivity contribution >= 4 is 11.6 Å². The Labute approximate surface area is 109 Å². The van der Waals surface area contributed by atoms with Gasteiger partial charge in [0.15, 0.2) is 0 Å². The van der Waals surface area contributed by atoms with Crippen LogP contribution in [0.2, 0.25) is 0 Å². The van der Waals surface area contributed by atoms with Crippen LogP contribution in [0, 0.1) is 0 Å². The molecule has 1 aliphatic heterocycles. The molecule has 0 unspecified atom stereocenters. The molecule has 92 valence electrons. The number of nitrogens with zero attached hydrogens (tertiary/aromatic N) is 1. The lowest BCUT2D eigenvalue weighted by Crippen LogP contribution is -2.10. The van der Waals surface area contributed by atoms with Gasteiger partial charge in [-0.05, 0) is 37.5 Å². The third-order valence-electron chi connectivity index (χ3n) is 2.72. The van der Waals surface area contributed by atoms with E-state index in [-0.39, 0.29) is 0 Å². The minimum atomic E-state index is 0.512. The fraction of sp³-hybridized carbons (Fsp3) is 0.333. The predicted molar refractivity (Wildman–Crippen MR) is 77.0 cm³/mol. The summed E-state index contributed by atoms with van der Waals surface area (Å²) in [5, 5.41) is 0. The van der Waals surface area contributed by atoms with Gasteiger partial charge < -0.3 is 4.90 Å². The van der Waals surface area contributed by atoms with E-state index >= 15 is 0 Å². The predicted octanol–water partition coefficient (Wildman–Crippen LogP) is 4.41. The van der Waals surface area contributed by atoms with Gasteiger partial charge in [-0.2, -0.15) is 0 Å². The van der Waals surface area contributed by atoms with Crippen molar-refractivity contribution < 1.29 is 0 Å². The highest BCUT2D eigenvalue weighted by atomic mass is 35.5. The standard InChI is InChI=1S/C15H20ClN/c1-12(2)6-5-7-14(4)17-9-8-15(11-17)13(3)10-16/h5-7,11H,1,3,8-10H2,2,4H3/b6-5-,14-7+. The average molecular weight is 250 g/mol. The van der Waals surface area contributed by atoms with Gasteiger partial charge in [-0.15, -0.1) is 11.6 Å². The van der Waals surface area contributed by atoms with Crippen molar-refractivity contribution in [1.82, 2.24) is 4.90 Å². The van der Waals surface area contributed by atoms with E-state index in [9.17, 15) is 0 Å². The molecular weight excluding hydrogens is 230 g/mol. The number of halogens is 1. The number of alkyl halides is 1. The van der Waals surface area contributed by atoms with E-state index in [4.69, 9.17) is 11.6 Å². The minimum absolute atomic E-state index is 0.512. The summed E-state index contributed by atoms with van der Waals surface area (Å²) in [6, 6.07) is 0. The Hall–Kier alpha value is -1.21. The van der Waals surface area contributed by atoms with Crippen LogP contribution < -0.4 is 0 Å². The van der Waals surface area contributed by atoms with Crippen LogP contribution in [0.25, 0.3) is 0 Å². The largest absolute Gasteiger partial charge is 0.351 e. The first-order chi connectivity index (χ1) is 8.04. The van der Waals surface area contributed by atoms with Crippen molar-refractivity contribution in [3.05, 3.63) is 60.0 Å². The zero-order chi connectivity index (χ0) is 12.8. The molecule has 0 spiro atoms. The van der Waals surface area contributed by atoms with Crippen LogP contribution in [0.3, 0.4) is 0 Å². The van der Waals surface area contributed by atoms with E-state index in [1.807, 2.05) is 19.1 Å². The third kappa shape index (κ3) is 4.27. The molecule has 0 amide bonds. The van der Waals surface area contributed by atoms with Gasteiger partial charge in [-0.1, -0.05) is 30.9 Å². The van der Waals surface area contributed by atoms with Crippen molar-refractivity contribution in [2.24, 2.45) is 0 Å². The molecule has 0 radical (unpaired) electrons. The second kappa shape index (κ2) is 6.51. The van der Waals surface area contributed by atoms with Gasteiger partial charge in [0.25, 0.3) is 0 Å². The number of rotatable bonds is 5. The Balaban J connectivity index is 2.67. The molecule has 0 aromatic heterocycles. The summed E-state index contributed by atoms with van der Waals surface area (Å²) in [6.07, 6.45) is 9.30. The normalized spacial score (nSPS) is 16.5. The van der Waals surface area contributed by atoms with E-state index in [0.29, 0.717) is 5.88 Å². The molecule has 0 saturated heterocycles. The van der Waals surface area contributed by atoms with Gasteiger partial charge in [-0.3, -0.25) is 0 Å². The van der Waals surface area contributed by atoms with Crippen molar-refractivity contribution in [2.45, 2.75) is 20.3 Å². The van der Waals surface area contributed by atoms with Gasteiger partial charge in [0.05, 0.1) is 0 Å². The van der Waals surface area contributed by atoms with Crippen molar-refractivity contribution in [3.63, 3.8) is 0 Å². The van der Waals surface area contributed by atoms with E-state index in [1.54, 1.807) is 0 Å². The molecule has 0 bridgehead atoms. The SMILES string of the molecule is C=C(C)/C=C\C=C(/C)N1C=C(C(=C)CCl)CC1. The molecular formula is C15H20ClN. The van der Waals surface area contributed by atoms with Crippen molar-refractivity contribution in [2.75, 3.05) is 12.4 Å². The van der Waals surface area contributed by atoms with Crippen molar-refractivity contribution in [1.29, 1.82) is 0 Å². The Morgan fingerprint density at radius 2 is 2.18 bits per heavy atom. The second-order valence-electron chi connectivity index (χ2n) is 4.35. The van der Waals surface area contributed by atoms with E-state index in [1.165, 1.54) is 11.3 Å². The van der Waals surface area contributed by atoms with Gasteiger partial charge in [0.1, 0.15) is 0 Å². The van der Waals surface area contributed by atoms with E-state index in [2.05, 4.69) is 37.3 Å². The topological polar surface area (TPSA) is 3.24 Å². The molecule has 0 atom stereocenters. The minimum Gasteiger partial charge on any atom is -0.351 e. The molecule has 0 aromatic carbocycles. The number of hydrogen-bond donors (Lipinski definition) is 0. The zero-order valence-corrected chi connectivity index (χ0v) is 11.4. The molecule has 0 aliphatic carbocycles. The second-order valence-corrected chi connectivity index (χ2v) is 4.62. The lowest BCUT2D eigenvalue weighted by molar-refractivity contribution is 0.504. The molecule has 17 heavy (non-hydrogen) atoms. The van der Waals surface area contributed by atoms with Gasteiger partial charge in [0.2, 0.25) is 0 Å². The molecule has 0 saturated carbocycles. The number of hydrogen-bond acceptors (Lipinski definition) is 1. The Morgan fingerprint density at radius 3 is 2.76 bits per heavy atom. The zero-order valence-electron chi connectivity index (χ0n) is 10.7. The van der Waals surface area contributed by atoms with Crippen LogP contribution in [0.15, 0.2) is 60.0 Å². The Morgan fingerprint density at radius 1 is 1.47 bits per heavy atom. The molecule has 1 nitrogen and oxygen atoms in total. The van der Waals surface area contributed by atoms with Crippen LogP contribution in [0.4, 0.5) is 0 Å². The van der Waals surface area contributed by atoms with Crippen molar-refractivity contribution in [3.8, 4) is 0 Å². The summed E-state index contributed by atoms with van der Waals surface area (Å²) in [4.78, 5) is 2.23. The molecule has 2 heteroatoms. The maximum atomic E-state index is 5.78. The summed E-state index contributed by atoms with van der Waals surface area (Å²) in [5.41, 5.74) is 4.57. The first-order valence-corrected chi connectivity index (χ1v) is 6.30. The first kappa shape index (κ1) is 13.9. The molecule has 0 N–H and O–H groups in total. The third-order valence-corrected chi connectivity index (χ3v) is 3.04. The van der Waals surface area contributed by atoms with E-state index in [0.717, 1.165) is 24.1 Å². The van der Waals surface area contributed by atoms with Gasteiger partial charge >= 0.3 is 0 Å². The maximum absolute atomic E-state index is 5.78. The van der Waals surface area contributed by atoms with Crippen LogP contribution >= 0.6 is 11.6 Å². The highest BCUT2D eigenvalue weighted by Crippen LogP contribution is 2.24. The van der Waals surface area contributed by atoms with Crippen LogP contribution in [0.1, 0.15) is 20.3 Å². The van der Waals surface area contributed by atoms with Crippen LogP contribution in [0.5, 0.6) is 0 Å². The van der Waals surface area contributed by atoms with Gasteiger partial charge in [0, 0.05) is 24.3 Å². The van der Waals surface area contributed by atoms with Crippen LogP contribution in [-0.2, 0) is 0 Å². The number of allylic oxidation sites excluding steroid dienone is 6. The molecule has 1 aliphatic rings. The molecule has 0 aromatic rings. The summed E-state index contributed by atoms with van der Waals surface area (Å²) in [5.74, 6) is 0.512. The highest BCUT2D eigenvalue weighted by Gasteiger charge is 2.14.